The van der Waals surface area contributed by atoms with Crippen LogP contribution in [-0.2, 0) is 9.53 Å². The standard InChI is InChI=1S/C22H31NO3/c1-19-4-3-5-22-15-9-12-8-13(17(22)23-6-7-26-18(19)23)21(15,11-20(12,2)25)10-14(24)16(19)22/h12-13,15-18,25H,3-11H2,1-2H3/t12-,13+,15+,16+,17+,18-,19-,20-,21+,22+/m0/s1. The maximum Gasteiger partial charge on any atom is 0.137 e. The van der Waals surface area contributed by atoms with Crippen LogP contribution in [0.2, 0.25) is 0 Å². The summed E-state index contributed by atoms with van der Waals surface area (Å²) in [7, 11) is 0. The third-order valence-corrected chi connectivity index (χ3v) is 10.8. The molecule has 2 heterocycles. The summed E-state index contributed by atoms with van der Waals surface area (Å²) in [6.07, 6.45) is 7.70. The van der Waals surface area contributed by atoms with Crippen molar-refractivity contribution in [1.82, 2.24) is 4.90 Å². The molecular weight excluding hydrogens is 326 g/mol. The van der Waals surface area contributed by atoms with E-state index in [0.29, 0.717) is 29.6 Å². The molecule has 8 aliphatic rings. The first-order valence-electron chi connectivity index (χ1n) is 11.0. The van der Waals surface area contributed by atoms with Crippen LogP contribution < -0.4 is 0 Å². The molecule has 0 amide bonds. The Labute approximate surface area is 155 Å². The number of ketones is 1. The minimum absolute atomic E-state index is 0.00316. The molecule has 6 aliphatic carbocycles. The summed E-state index contributed by atoms with van der Waals surface area (Å²) in [5.41, 5.74) is -0.305. The highest BCUT2D eigenvalue weighted by Gasteiger charge is 2.84. The number of nitrogens with zero attached hydrogens (tertiary/aromatic N) is 1. The molecule has 1 N–H and O–H groups in total. The third kappa shape index (κ3) is 1.28. The number of hydrogen-bond acceptors (Lipinski definition) is 4. The number of ether oxygens (including phenoxy) is 1. The highest BCUT2D eigenvalue weighted by molar-refractivity contribution is 5.86. The minimum Gasteiger partial charge on any atom is -0.390 e. The molecule has 2 spiro atoms. The van der Waals surface area contributed by atoms with Crippen molar-refractivity contribution < 1.29 is 14.6 Å². The molecule has 0 unspecified atom stereocenters. The molecule has 4 heteroatoms. The number of aliphatic hydroxyl groups is 1. The monoisotopic (exact) mass is 357 g/mol. The zero-order valence-electron chi connectivity index (χ0n) is 16.0. The van der Waals surface area contributed by atoms with Crippen LogP contribution in [-0.4, -0.2) is 46.8 Å². The van der Waals surface area contributed by atoms with Gasteiger partial charge in [0.05, 0.1) is 12.2 Å². The zero-order valence-corrected chi connectivity index (χ0v) is 16.0. The molecule has 6 bridgehead atoms. The maximum atomic E-state index is 13.7. The quantitative estimate of drug-likeness (QED) is 0.724. The van der Waals surface area contributed by atoms with Crippen LogP contribution >= 0.6 is 0 Å². The fourth-order valence-electron chi connectivity index (χ4n) is 10.7. The Morgan fingerprint density at radius 3 is 2.92 bits per heavy atom. The summed E-state index contributed by atoms with van der Waals surface area (Å²) in [5, 5.41) is 11.2. The molecule has 0 aromatic heterocycles. The molecule has 142 valence electrons. The van der Waals surface area contributed by atoms with Gasteiger partial charge in [0.25, 0.3) is 0 Å². The van der Waals surface area contributed by atoms with E-state index in [1.165, 1.54) is 19.3 Å². The lowest BCUT2D eigenvalue weighted by Crippen LogP contribution is -2.71. The largest absolute Gasteiger partial charge is 0.390 e. The van der Waals surface area contributed by atoms with Crippen molar-refractivity contribution in [2.45, 2.75) is 76.7 Å². The molecule has 4 nitrogen and oxygen atoms in total. The Balaban J connectivity index is 1.52. The number of carbonyl (C=O) groups excluding carboxylic acids is 1. The van der Waals surface area contributed by atoms with Crippen LogP contribution in [0.15, 0.2) is 0 Å². The predicted octanol–water partition coefficient (Wildman–Crippen LogP) is 2.59. The lowest BCUT2D eigenvalue weighted by molar-refractivity contribution is -0.240. The molecule has 8 rings (SSSR count). The normalized spacial score (nSPS) is 67.6. The van der Waals surface area contributed by atoms with Gasteiger partial charge in [0.1, 0.15) is 12.0 Å². The summed E-state index contributed by atoms with van der Waals surface area (Å²) in [6.45, 7) is 6.32. The Kier molecular flexibility index (Phi) is 2.45. The van der Waals surface area contributed by atoms with E-state index in [4.69, 9.17) is 4.74 Å². The number of Topliss-reactive ketones (excluding diaryl/α,β-unsaturated/α-hetero) is 1. The maximum absolute atomic E-state index is 13.7. The average molecular weight is 357 g/mol. The van der Waals surface area contributed by atoms with Gasteiger partial charge in [0.15, 0.2) is 0 Å². The van der Waals surface area contributed by atoms with E-state index in [-0.39, 0.29) is 28.4 Å². The van der Waals surface area contributed by atoms with Crippen LogP contribution in [0.3, 0.4) is 0 Å². The van der Waals surface area contributed by atoms with Crippen molar-refractivity contribution in [3.63, 3.8) is 0 Å². The first kappa shape index (κ1) is 15.5. The average Bonchev–Trinajstić information content (AvgIpc) is 3.04. The second-order valence-corrected chi connectivity index (χ2v) is 11.5. The van der Waals surface area contributed by atoms with Gasteiger partial charge in [-0.25, -0.2) is 0 Å². The molecule has 2 aliphatic heterocycles. The van der Waals surface area contributed by atoms with Crippen LogP contribution in [0.5, 0.6) is 0 Å². The second-order valence-electron chi connectivity index (χ2n) is 11.5. The minimum atomic E-state index is -0.566. The van der Waals surface area contributed by atoms with E-state index >= 15 is 0 Å². The highest BCUT2D eigenvalue weighted by atomic mass is 16.5. The smallest absolute Gasteiger partial charge is 0.137 e. The van der Waals surface area contributed by atoms with Gasteiger partial charge >= 0.3 is 0 Å². The van der Waals surface area contributed by atoms with Gasteiger partial charge in [0.2, 0.25) is 0 Å². The summed E-state index contributed by atoms with van der Waals surface area (Å²) >= 11 is 0. The van der Waals surface area contributed by atoms with Crippen LogP contribution in [0.1, 0.15) is 58.8 Å². The zero-order chi connectivity index (χ0) is 17.7. The fourth-order valence-corrected chi connectivity index (χ4v) is 10.7. The van der Waals surface area contributed by atoms with Crippen molar-refractivity contribution in [2.75, 3.05) is 13.2 Å². The molecule has 0 aromatic rings. The molecule has 6 saturated carbocycles. The van der Waals surface area contributed by atoms with Gasteiger partial charge in [0, 0.05) is 35.8 Å². The second kappa shape index (κ2) is 4.11. The first-order chi connectivity index (χ1) is 12.3. The van der Waals surface area contributed by atoms with Crippen molar-refractivity contribution in [3.05, 3.63) is 0 Å². The number of rotatable bonds is 0. The van der Waals surface area contributed by atoms with E-state index < -0.39 is 5.60 Å². The van der Waals surface area contributed by atoms with Crippen molar-refractivity contribution in [1.29, 1.82) is 0 Å². The van der Waals surface area contributed by atoms with Gasteiger partial charge in [-0.2, -0.15) is 0 Å². The molecule has 8 fully saturated rings. The van der Waals surface area contributed by atoms with E-state index in [0.717, 1.165) is 38.8 Å². The van der Waals surface area contributed by atoms with Crippen molar-refractivity contribution in [3.8, 4) is 0 Å². The SMILES string of the molecule is C[C@]12CCC[C@@]34[C@@H]1C(=O)C[C@@]15C[C@](C)(O)[C@@H](C[C@@H]1[C@H]3N1CCO[C@H]12)C[C@H]54. The molecule has 26 heavy (non-hydrogen) atoms. The van der Waals surface area contributed by atoms with Crippen LogP contribution in [0.25, 0.3) is 0 Å². The van der Waals surface area contributed by atoms with Crippen molar-refractivity contribution in [2.24, 2.45) is 39.9 Å². The lowest BCUT2D eigenvalue weighted by atomic mass is 9.38. The summed E-state index contributed by atoms with van der Waals surface area (Å²) in [6, 6.07) is 0.533. The first-order valence-corrected chi connectivity index (χ1v) is 11.0. The van der Waals surface area contributed by atoms with Gasteiger partial charge < -0.3 is 9.84 Å². The number of piperidine rings is 1. The molecule has 2 saturated heterocycles. The summed E-state index contributed by atoms with van der Waals surface area (Å²) < 4.78 is 6.34. The van der Waals surface area contributed by atoms with Gasteiger partial charge in [-0.05, 0) is 62.2 Å². The Morgan fingerprint density at radius 1 is 1.23 bits per heavy atom. The summed E-state index contributed by atoms with van der Waals surface area (Å²) in [4.78, 5) is 16.5. The van der Waals surface area contributed by atoms with Crippen molar-refractivity contribution >= 4 is 5.78 Å². The van der Waals surface area contributed by atoms with E-state index in [1.807, 2.05) is 0 Å². The topological polar surface area (TPSA) is 49.8 Å². The van der Waals surface area contributed by atoms with Crippen LogP contribution in [0, 0.1) is 39.9 Å². The third-order valence-electron chi connectivity index (χ3n) is 10.8. The molecule has 10 atom stereocenters. The lowest BCUT2D eigenvalue weighted by Gasteiger charge is -2.68. The van der Waals surface area contributed by atoms with Gasteiger partial charge in [-0.1, -0.05) is 13.3 Å². The number of carbonyl (C=O) groups is 1. The number of fused-ring (bicyclic) bond motifs is 4. The molecular formula is C22H31NO3. The van der Waals surface area contributed by atoms with Gasteiger partial charge in [-0.3, -0.25) is 9.69 Å². The number of hydrogen-bond donors (Lipinski definition) is 1. The van der Waals surface area contributed by atoms with E-state index in [1.54, 1.807) is 0 Å². The van der Waals surface area contributed by atoms with Gasteiger partial charge in [-0.15, -0.1) is 0 Å². The Morgan fingerprint density at radius 2 is 2.08 bits per heavy atom. The van der Waals surface area contributed by atoms with E-state index in [9.17, 15) is 9.90 Å². The predicted molar refractivity (Wildman–Crippen MR) is 95.1 cm³/mol. The Hall–Kier alpha value is -0.450. The molecule has 0 aromatic carbocycles. The van der Waals surface area contributed by atoms with Crippen LogP contribution in [0.4, 0.5) is 0 Å². The fraction of sp³-hybridized carbons (Fsp3) is 0.955. The van der Waals surface area contributed by atoms with E-state index in [2.05, 4.69) is 18.7 Å². The highest BCUT2D eigenvalue weighted by Crippen LogP contribution is 2.83. The Bertz CT molecular complexity index is 735. The molecule has 0 radical (unpaired) electrons. The summed E-state index contributed by atoms with van der Waals surface area (Å²) in [5.74, 6) is 2.43.